The van der Waals surface area contributed by atoms with Gasteiger partial charge in [-0.2, -0.15) is 0 Å². The minimum absolute atomic E-state index is 0.00692. The van der Waals surface area contributed by atoms with E-state index in [0.29, 0.717) is 13.0 Å². The van der Waals surface area contributed by atoms with Crippen molar-refractivity contribution in [1.29, 1.82) is 0 Å². The third-order valence-corrected chi connectivity index (χ3v) is 7.36. The predicted molar refractivity (Wildman–Crippen MR) is 153 cm³/mol. The van der Waals surface area contributed by atoms with Crippen molar-refractivity contribution in [3.05, 3.63) is 143 Å². The van der Waals surface area contributed by atoms with Gasteiger partial charge in [-0.1, -0.05) is 91.0 Å². The number of nitrogens with zero attached hydrogens (tertiary/aromatic N) is 1. The summed E-state index contributed by atoms with van der Waals surface area (Å²) in [6, 6.07) is 35.7. The van der Waals surface area contributed by atoms with Crippen LogP contribution in [0.15, 0.2) is 115 Å². The van der Waals surface area contributed by atoms with Crippen molar-refractivity contribution in [3.8, 4) is 0 Å². The molecule has 0 radical (unpaired) electrons. The molecule has 192 valence electrons. The van der Waals surface area contributed by atoms with Gasteiger partial charge in [-0.25, -0.2) is 4.39 Å². The first kappa shape index (κ1) is 25.5. The Hall–Kier alpha value is -4.18. The normalized spacial score (nSPS) is 12.1. The highest BCUT2D eigenvalue weighted by Gasteiger charge is 2.23. The van der Waals surface area contributed by atoms with Crippen molar-refractivity contribution < 1.29 is 9.18 Å². The van der Waals surface area contributed by atoms with Gasteiger partial charge >= 0.3 is 0 Å². The van der Waals surface area contributed by atoms with E-state index in [1.165, 1.54) is 23.3 Å². The van der Waals surface area contributed by atoms with Gasteiger partial charge in [0.05, 0.1) is 0 Å². The Bertz CT molecular complexity index is 1440. The zero-order chi connectivity index (χ0) is 26.3. The summed E-state index contributed by atoms with van der Waals surface area (Å²) < 4.78 is 16.0. The van der Waals surface area contributed by atoms with E-state index >= 15 is 0 Å². The third kappa shape index (κ3) is 5.70. The molecule has 1 amide bonds. The van der Waals surface area contributed by atoms with E-state index in [4.69, 9.17) is 0 Å². The summed E-state index contributed by atoms with van der Waals surface area (Å²) >= 11 is 0. The number of amides is 1. The topological polar surface area (TPSA) is 34.0 Å². The molecule has 0 aliphatic carbocycles. The predicted octanol–water partition coefficient (Wildman–Crippen LogP) is 7.66. The van der Waals surface area contributed by atoms with E-state index in [2.05, 4.69) is 83.7 Å². The molecule has 4 aromatic carbocycles. The first-order valence-corrected chi connectivity index (χ1v) is 13.3. The van der Waals surface area contributed by atoms with Crippen molar-refractivity contribution >= 4 is 16.8 Å². The lowest BCUT2D eigenvalue weighted by molar-refractivity contribution is -0.121. The van der Waals surface area contributed by atoms with E-state index in [9.17, 15) is 9.18 Å². The van der Waals surface area contributed by atoms with Crippen molar-refractivity contribution in [2.45, 2.75) is 38.1 Å². The molecule has 1 aromatic heterocycles. The van der Waals surface area contributed by atoms with Crippen LogP contribution in [0.1, 0.15) is 53.9 Å². The van der Waals surface area contributed by atoms with E-state index in [-0.39, 0.29) is 23.6 Å². The van der Waals surface area contributed by atoms with Gasteiger partial charge in [0, 0.05) is 48.4 Å². The Morgan fingerprint density at radius 1 is 0.763 bits per heavy atom. The molecule has 3 nitrogen and oxygen atoms in total. The Balaban J connectivity index is 1.36. The molecule has 0 spiro atoms. The number of rotatable bonds is 10. The number of halogens is 1. The highest BCUT2D eigenvalue weighted by molar-refractivity contribution is 5.86. The SMILES string of the molecule is CCn1cc(C(CC(=O)NCCC(c2ccccc2)c2ccccc2)c2ccc(F)cc2)c2ccccc21. The maximum Gasteiger partial charge on any atom is 0.220 e. The van der Waals surface area contributed by atoms with Gasteiger partial charge in [0.1, 0.15) is 5.82 Å². The summed E-state index contributed by atoms with van der Waals surface area (Å²) in [5.41, 5.74) is 5.66. The molecule has 0 saturated carbocycles. The fourth-order valence-corrected chi connectivity index (χ4v) is 5.43. The maximum atomic E-state index is 13.8. The number of carbonyl (C=O) groups excluding carboxylic acids is 1. The van der Waals surface area contributed by atoms with Crippen LogP contribution in [0.3, 0.4) is 0 Å². The number of nitrogens with one attached hydrogen (secondary N) is 1. The van der Waals surface area contributed by atoms with Crippen LogP contribution in [0.25, 0.3) is 10.9 Å². The van der Waals surface area contributed by atoms with E-state index < -0.39 is 0 Å². The molecule has 0 aliphatic heterocycles. The molecular weight excluding hydrogens is 471 g/mol. The Kier molecular flexibility index (Phi) is 7.98. The molecule has 1 heterocycles. The molecule has 0 saturated heterocycles. The minimum atomic E-state index is -0.277. The summed E-state index contributed by atoms with van der Waals surface area (Å²) in [5.74, 6) is -0.256. The number of carbonyl (C=O) groups is 1. The van der Waals surface area contributed by atoms with Crippen molar-refractivity contribution in [2.24, 2.45) is 0 Å². The zero-order valence-corrected chi connectivity index (χ0v) is 21.7. The molecule has 4 heteroatoms. The van der Waals surface area contributed by atoms with Gasteiger partial charge in [-0.15, -0.1) is 0 Å². The summed E-state index contributed by atoms with van der Waals surface area (Å²) in [6.07, 6.45) is 3.24. The number of hydrogen-bond acceptors (Lipinski definition) is 1. The van der Waals surface area contributed by atoms with Gasteiger partial charge in [0.15, 0.2) is 0 Å². The van der Waals surface area contributed by atoms with Crippen LogP contribution in [0.2, 0.25) is 0 Å². The standard InChI is InChI=1S/C34H33FN2O/c1-2-37-24-32(30-15-9-10-16-33(30)37)31(27-17-19-28(35)20-18-27)23-34(38)36-22-21-29(25-11-5-3-6-12-25)26-13-7-4-8-14-26/h3-20,24,29,31H,2,21-23H2,1H3,(H,36,38). The van der Waals surface area contributed by atoms with Crippen LogP contribution in [0.4, 0.5) is 4.39 Å². The minimum Gasteiger partial charge on any atom is -0.356 e. The van der Waals surface area contributed by atoms with Gasteiger partial charge < -0.3 is 9.88 Å². The van der Waals surface area contributed by atoms with Gasteiger partial charge in [-0.3, -0.25) is 4.79 Å². The molecule has 5 aromatic rings. The lowest BCUT2D eigenvalue weighted by Gasteiger charge is -2.20. The Morgan fingerprint density at radius 2 is 1.34 bits per heavy atom. The van der Waals surface area contributed by atoms with E-state index in [1.807, 2.05) is 24.3 Å². The average molecular weight is 505 g/mol. The van der Waals surface area contributed by atoms with Gasteiger partial charge in [0.25, 0.3) is 0 Å². The van der Waals surface area contributed by atoms with Crippen LogP contribution in [0.5, 0.6) is 0 Å². The average Bonchev–Trinajstić information content (AvgIpc) is 3.34. The Labute approximate surface area is 223 Å². The van der Waals surface area contributed by atoms with Crippen LogP contribution in [0, 0.1) is 5.82 Å². The molecule has 38 heavy (non-hydrogen) atoms. The second kappa shape index (κ2) is 11.9. The second-order valence-electron chi connectivity index (χ2n) is 9.71. The third-order valence-electron chi connectivity index (χ3n) is 7.36. The first-order valence-electron chi connectivity index (χ1n) is 13.3. The Morgan fingerprint density at radius 3 is 1.97 bits per heavy atom. The number of hydrogen-bond donors (Lipinski definition) is 1. The van der Waals surface area contributed by atoms with Crippen LogP contribution >= 0.6 is 0 Å². The smallest absolute Gasteiger partial charge is 0.220 e. The molecule has 5 rings (SSSR count). The highest BCUT2D eigenvalue weighted by atomic mass is 19.1. The van der Waals surface area contributed by atoms with E-state index in [1.54, 1.807) is 12.1 Å². The van der Waals surface area contributed by atoms with Gasteiger partial charge in [0.2, 0.25) is 5.91 Å². The fraction of sp³-hybridized carbons (Fsp3) is 0.206. The van der Waals surface area contributed by atoms with Gasteiger partial charge in [-0.05, 0) is 53.8 Å². The maximum absolute atomic E-state index is 13.8. The van der Waals surface area contributed by atoms with Crippen molar-refractivity contribution in [3.63, 3.8) is 0 Å². The van der Waals surface area contributed by atoms with Crippen LogP contribution < -0.4 is 5.32 Å². The highest BCUT2D eigenvalue weighted by Crippen LogP contribution is 2.35. The van der Waals surface area contributed by atoms with E-state index in [0.717, 1.165) is 35.0 Å². The molecule has 1 unspecified atom stereocenters. The summed E-state index contributed by atoms with van der Waals surface area (Å²) in [5, 5.41) is 4.31. The summed E-state index contributed by atoms with van der Waals surface area (Å²) in [4.78, 5) is 13.3. The molecule has 1 atom stereocenters. The number of benzene rings is 4. The number of aryl methyl sites for hydroxylation is 1. The first-order chi connectivity index (χ1) is 18.6. The largest absolute Gasteiger partial charge is 0.356 e. The number of aromatic nitrogens is 1. The molecule has 0 bridgehead atoms. The number of fused-ring (bicyclic) bond motifs is 1. The zero-order valence-electron chi connectivity index (χ0n) is 21.7. The number of para-hydroxylation sites is 1. The molecule has 0 fully saturated rings. The summed E-state index contributed by atoms with van der Waals surface area (Å²) in [6.45, 7) is 3.52. The second-order valence-corrected chi connectivity index (χ2v) is 9.71. The fourth-order valence-electron chi connectivity index (χ4n) is 5.43. The quantitative estimate of drug-likeness (QED) is 0.208. The molecule has 0 aliphatic rings. The lowest BCUT2D eigenvalue weighted by Crippen LogP contribution is -2.27. The summed E-state index contributed by atoms with van der Waals surface area (Å²) in [7, 11) is 0. The van der Waals surface area contributed by atoms with Crippen molar-refractivity contribution in [2.75, 3.05) is 6.54 Å². The van der Waals surface area contributed by atoms with Crippen LogP contribution in [-0.2, 0) is 11.3 Å². The monoisotopic (exact) mass is 504 g/mol. The molecule has 1 N–H and O–H groups in total. The van der Waals surface area contributed by atoms with Crippen molar-refractivity contribution in [1.82, 2.24) is 9.88 Å². The van der Waals surface area contributed by atoms with Crippen LogP contribution in [-0.4, -0.2) is 17.0 Å². The molecular formula is C34H33FN2O. The lowest BCUT2D eigenvalue weighted by atomic mass is 9.87.